The molecule has 0 radical (unpaired) electrons. The van der Waals surface area contributed by atoms with Gasteiger partial charge < -0.3 is 4.57 Å². The molecule has 0 N–H and O–H groups in total. The first-order valence-electron chi connectivity index (χ1n) is 4.39. The van der Waals surface area contributed by atoms with Crippen LogP contribution in [0.2, 0.25) is 5.02 Å². The molecule has 0 atom stereocenters. The van der Waals surface area contributed by atoms with Gasteiger partial charge in [0.2, 0.25) is 0 Å². The van der Waals surface area contributed by atoms with Crippen molar-refractivity contribution in [2.24, 2.45) is 0 Å². The van der Waals surface area contributed by atoms with E-state index < -0.39 is 0 Å². The fourth-order valence-electron chi connectivity index (χ4n) is 1.29. The Bertz CT molecular complexity index is 508. The van der Waals surface area contributed by atoms with Crippen LogP contribution in [0, 0.1) is 0 Å². The zero-order chi connectivity index (χ0) is 11.7. The van der Waals surface area contributed by atoms with Crippen molar-refractivity contribution in [3.05, 3.63) is 48.8 Å². The smallest absolute Gasteiger partial charge is 0.179 e. The summed E-state index contributed by atoms with van der Waals surface area (Å²) in [6.07, 6.45) is 0. The summed E-state index contributed by atoms with van der Waals surface area (Å²) in [5.41, 5.74) is 1.16. The van der Waals surface area contributed by atoms with E-state index >= 15 is 0 Å². The van der Waals surface area contributed by atoms with Crippen molar-refractivity contribution in [1.82, 2.24) is 9.55 Å². The monoisotopic (exact) mass is 426 g/mol. The third-order valence-electron chi connectivity index (χ3n) is 2.07. The van der Waals surface area contributed by atoms with Crippen LogP contribution in [0.3, 0.4) is 0 Å². The number of benzene rings is 1. The molecule has 0 saturated carbocycles. The molecule has 0 aliphatic rings. The van der Waals surface area contributed by atoms with Gasteiger partial charge in [-0.1, -0.05) is 23.7 Å². The first-order valence-corrected chi connectivity index (χ1v) is 7.15. The van der Waals surface area contributed by atoms with Gasteiger partial charge in [0.15, 0.2) is 4.73 Å². The average Bonchev–Trinajstić information content (AvgIpc) is 2.48. The number of aromatic nitrogens is 2. The Morgan fingerprint density at radius 3 is 2.25 bits per heavy atom. The average molecular weight is 429 g/mol. The van der Waals surface area contributed by atoms with Crippen molar-refractivity contribution in [3.8, 4) is 0 Å². The molecule has 16 heavy (non-hydrogen) atoms. The topological polar surface area (TPSA) is 17.8 Å². The van der Waals surface area contributed by atoms with E-state index in [1.165, 1.54) is 0 Å². The largest absolute Gasteiger partial charge is 0.308 e. The minimum absolute atomic E-state index is 0.733. The minimum Gasteiger partial charge on any atom is -0.308 e. The Balaban J connectivity index is 2.30. The van der Waals surface area contributed by atoms with Gasteiger partial charge in [-0.3, -0.25) is 0 Å². The zero-order valence-electron chi connectivity index (χ0n) is 7.92. The fraction of sp³-hybridized carbons (Fsp3) is 0.100. The zero-order valence-corrected chi connectivity index (χ0v) is 13.4. The molecule has 2 rings (SSSR count). The van der Waals surface area contributed by atoms with Gasteiger partial charge in [0.1, 0.15) is 9.21 Å². The number of imidazole rings is 1. The predicted octanol–water partition coefficient (Wildman–Crippen LogP) is 4.87. The van der Waals surface area contributed by atoms with Crippen LogP contribution in [0.4, 0.5) is 0 Å². The van der Waals surface area contributed by atoms with Crippen molar-refractivity contribution in [2.45, 2.75) is 6.54 Å². The third-order valence-corrected chi connectivity index (χ3v) is 4.82. The maximum atomic E-state index is 5.84. The van der Waals surface area contributed by atoms with Gasteiger partial charge in [-0.25, -0.2) is 4.98 Å². The molecule has 0 saturated heterocycles. The molecular formula is C10H6Br3ClN2. The number of nitrogens with zero attached hydrogens (tertiary/aromatic N) is 2. The number of hydrogen-bond acceptors (Lipinski definition) is 1. The summed E-state index contributed by atoms with van der Waals surface area (Å²) in [4.78, 5) is 4.25. The summed E-state index contributed by atoms with van der Waals surface area (Å²) in [7, 11) is 0. The van der Waals surface area contributed by atoms with E-state index in [-0.39, 0.29) is 0 Å². The first kappa shape index (κ1) is 12.6. The molecule has 2 aromatic rings. The standard InChI is InChI=1S/C10H6Br3ClN2/c11-8-9(12)16(10(13)15-8)5-6-1-3-7(14)4-2-6/h1-4H,5H2. The van der Waals surface area contributed by atoms with Crippen LogP contribution in [0.1, 0.15) is 5.56 Å². The van der Waals surface area contributed by atoms with E-state index in [1.54, 1.807) is 0 Å². The van der Waals surface area contributed by atoms with E-state index in [2.05, 4.69) is 52.8 Å². The van der Waals surface area contributed by atoms with Gasteiger partial charge in [0.25, 0.3) is 0 Å². The van der Waals surface area contributed by atoms with Crippen LogP contribution in [0.15, 0.2) is 38.2 Å². The van der Waals surface area contributed by atoms with E-state index in [0.717, 1.165) is 31.1 Å². The summed E-state index contributed by atoms with van der Waals surface area (Å²) < 4.78 is 4.48. The normalized spacial score (nSPS) is 10.8. The van der Waals surface area contributed by atoms with Gasteiger partial charge in [0, 0.05) is 5.02 Å². The molecule has 0 fully saturated rings. The van der Waals surface area contributed by atoms with Crippen molar-refractivity contribution in [3.63, 3.8) is 0 Å². The molecule has 84 valence electrons. The summed E-state index contributed by atoms with van der Waals surface area (Å²) in [6, 6.07) is 7.75. The first-order chi connectivity index (χ1) is 7.58. The second-order valence-corrected chi connectivity index (χ2v) is 5.82. The molecule has 0 amide bonds. The van der Waals surface area contributed by atoms with Crippen molar-refractivity contribution >= 4 is 59.4 Å². The van der Waals surface area contributed by atoms with Crippen LogP contribution in [0.5, 0.6) is 0 Å². The van der Waals surface area contributed by atoms with Crippen LogP contribution in [0.25, 0.3) is 0 Å². The van der Waals surface area contributed by atoms with Gasteiger partial charge >= 0.3 is 0 Å². The van der Waals surface area contributed by atoms with Crippen LogP contribution in [-0.2, 0) is 6.54 Å². The van der Waals surface area contributed by atoms with Crippen LogP contribution < -0.4 is 0 Å². The minimum atomic E-state index is 0.733. The van der Waals surface area contributed by atoms with E-state index in [4.69, 9.17) is 11.6 Å². The summed E-state index contributed by atoms with van der Waals surface area (Å²) in [5.74, 6) is 0. The summed E-state index contributed by atoms with van der Waals surface area (Å²) in [6.45, 7) is 0.733. The van der Waals surface area contributed by atoms with Crippen molar-refractivity contribution < 1.29 is 0 Å². The molecule has 0 spiro atoms. The second kappa shape index (κ2) is 5.21. The maximum Gasteiger partial charge on any atom is 0.179 e. The Hall–Kier alpha value is 0.160. The van der Waals surface area contributed by atoms with Gasteiger partial charge in [-0.2, -0.15) is 0 Å². The highest BCUT2D eigenvalue weighted by molar-refractivity contribution is 9.13. The Kier molecular flexibility index (Phi) is 4.11. The number of hydrogen-bond donors (Lipinski definition) is 0. The fourth-order valence-corrected chi connectivity index (χ4v) is 3.13. The summed E-state index contributed by atoms with van der Waals surface area (Å²) in [5, 5.41) is 0.744. The highest BCUT2D eigenvalue weighted by Crippen LogP contribution is 2.27. The van der Waals surface area contributed by atoms with Gasteiger partial charge in [0.05, 0.1) is 6.54 Å². The Morgan fingerprint density at radius 2 is 1.75 bits per heavy atom. The van der Waals surface area contributed by atoms with E-state index in [9.17, 15) is 0 Å². The quantitative estimate of drug-likeness (QED) is 0.666. The maximum absolute atomic E-state index is 5.84. The number of rotatable bonds is 2. The molecule has 0 bridgehead atoms. The summed E-state index contributed by atoms with van der Waals surface area (Å²) >= 11 is 16.1. The molecular weight excluding hydrogens is 423 g/mol. The highest BCUT2D eigenvalue weighted by atomic mass is 79.9. The molecule has 2 nitrogen and oxygen atoms in total. The van der Waals surface area contributed by atoms with Gasteiger partial charge in [-0.15, -0.1) is 0 Å². The molecule has 1 aromatic carbocycles. The lowest BCUT2D eigenvalue weighted by atomic mass is 10.2. The Labute approximate surface area is 123 Å². The Morgan fingerprint density at radius 1 is 1.12 bits per heavy atom. The molecule has 0 aliphatic carbocycles. The predicted molar refractivity (Wildman–Crippen MR) is 75.9 cm³/mol. The van der Waals surface area contributed by atoms with Crippen molar-refractivity contribution in [1.29, 1.82) is 0 Å². The van der Waals surface area contributed by atoms with E-state index in [1.807, 2.05) is 28.8 Å². The third kappa shape index (κ3) is 2.70. The molecule has 6 heteroatoms. The highest BCUT2D eigenvalue weighted by Gasteiger charge is 2.11. The lowest BCUT2D eigenvalue weighted by Gasteiger charge is -2.06. The van der Waals surface area contributed by atoms with Crippen LogP contribution in [-0.4, -0.2) is 9.55 Å². The van der Waals surface area contributed by atoms with Crippen molar-refractivity contribution in [2.75, 3.05) is 0 Å². The SMILES string of the molecule is Clc1ccc(Cn2c(Br)nc(Br)c2Br)cc1. The van der Waals surface area contributed by atoms with E-state index in [0.29, 0.717) is 0 Å². The molecule has 1 heterocycles. The molecule has 0 aliphatic heterocycles. The van der Waals surface area contributed by atoms with Crippen LogP contribution >= 0.6 is 59.4 Å². The molecule has 1 aromatic heterocycles. The van der Waals surface area contributed by atoms with Gasteiger partial charge in [-0.05, 0) is 65.5 Å². The molecule has 0 unspecified atom stereocenters. The number of halogens is 4. The lowest BCUT2D eigenvalue weighted by molar-refractivity contribution is 0.758. The lowest BCUT2D eigenvalue weighted by Crippen LogP contribution is -2.00. The second-order valence-electron chi connectivity index (χ2n) is 3.18.